The van der Waals surface area contributed by atoms with Gasteiger partial charge in [-0.25, -0.2) is 0 Å². The zero-order valence-corrected chi connectivity index (χ0v) is 8.33. The number of hydrogen-bond acceptors (Lipinski definition) is 4. The number of hydrogen-bond donors (Lipinski definition) is 1. The van der Waals surface area contributed by atoms with Gasteiger partial charge in [-0.3, -0.25) is 10.1 Å². The Morgan fingerprint density at radius 2 is 2.45 bits per heavy atom. The summed E-state index contributed by atoms with van der Waals surface area (Å²) in [5.74, 6) is -0.354. The molecule has 0 saturated heterocycles. The molecule has 60 valence electrons. The molecule has 1 rings (SSSR count). The smallest absolute Gasteiger partial charge is 0.241 e. The highest BCUT2D eigenvalue weighted by Crippen LogP contribution is 2.19. The summed E-state index contributed by atoms with van der Waals surface area (Å²) in [5.41, 5.74) is 0. The number of halogens is 2. The summed E-state index contributed by atoms with van der Waals surface area (Å²) in [6.07, 6.45) is 0. The zero-order valence-electron chi connectivity index (χ0n) is 5.17. The summed E-state index contributed by atoms with van der Waals surface area (Å²) in [4.78, 5) is 10.7. The van der Waals surface area contributed by atoms with Crippen LogP contribution in [0.1, 0.15) is 0 Å². The first-order valence-corrected chi connectivity index (χ1v) is 4.71. The predicted molar refractivity (Wildman–Crippen MR) is 47.0 cm³/mol. The third kappa shape index (κ3) is 2.72. The molecule has 0 radical (unpaired) electrons. The fraction of sp³-hybridized carbons (Fsp3) is 0.250. The number of aromatic nitrogens is 2. The van der Waals surface area contributed by atoms with E-state index in [4.69, 9.17) is 11.6 Å². The summed E-state index contributed by atoms with van der Waals surface area (Å²) < 4.78 is 0.627. The molecule has 0 aliphatic rings. The van der Waals surface area contributed by atoms with E-state index in [9.17, 15) is 4.79 Å². The largest absolute Gasteiger partial charge is 0.299 e. The maximum absolute atomic E-state index is 10.7. The van der Waals surface area contributed by atoms with Crippen molar-refractivity contribution in [1.29, 1.82) is 0 Å². The van der Waals surface area contributed by atoms with E-state index in [0.29, 0.717) is 9.05 Å². The van der Waals surface area contributed by atoms with Gasteiger partial charge in [0.25, 0.3) is 0 Å². The molecule has 1 N–H and O–H groups in total. The second-order valence-electron chi connectivity index (χ2n) is 1.54. The van der Waals surface area contributed by atoms with Crippen molar-refractivity contribution in [3.8, 4) is 0 Å². The van der Waals surface area contributed by atoms with E-state index >= 15 is 0 Å². The van der Waals surface area contributed by atoms with Crippen LogP contribution in [-0.4, -0.2) is 22.0 Å². The quantitative estimate of drug-likeness (QED) is 0.816. The zero-order chi connectivity index (χ0) is 8.27. The minimum absolute atomic E-state index is 0.0722. The fourth-order valence-corrected chi connectivity index (χ4v) is 1.50. The van der Waals surface area contributed by atoms with Crippen molar-refractivity contribution in [2.75, 3.05) is 11.2 Å². The molecule has 1 heterocycles. The molecule has 0 aliphatic carbocycles. The van der Waals surface area contributed by atoms with Gasteiger partial charge in [0, 0.05) is 0 Å². The molecular weight excluding hydrogens is 253 g/mol. The highest BCUT2D eigenvalue weighted by Gasteiger charge is 2.04. The van der Waals surface area contributed by atoms with Crippen molar-refractivity contribution in [3.63, 3.8) is 0 Å². The van der Waals surface area contributed by atoms with Crippen LogP contribution in [0.15, 0.2) is 3.92 Å². The maximum Gasteiger partial charge on any atom is 0.241 e. The Bertz CT molecular complexity index is 266. The Labute approximate surface area is 80.1 Å². The van der Waals surface area contributed by atoms with Crippen molar-refractivity contribution in [2.24, 2.45) is 0 Å². The Hall–Kier alpha value is -0.200. The molecule has 0 spiro atoms. The summed E-state index contributed by atoms with van der Waals surface area (Å²) in [5, 5.41) is 10.2. The molecule has 11 heavy (non-hydrogen) atoms. The van der Waals surface area contributed by atoms with E-state index in [1.807, 2.05) is 0 Å². The van der Waals surface area contributed by atoms with Crippen LogP contribution in [0.2, 0.25) is 0 Å². The molecule has 0 unspecified atom stereocenters. The van der Waals surface area contributed by atoms with Gasteiger partial charge in [0.05, 0.1) is 0 Å². The van der Waals surface area contributed by atoms with Gasteiger partial charge in [-0.15, -0.1) is 21.8 Å². The third-order valence-corrected chi connectivity index (χ3v) is 2.28. The molecule has 0 bridgehead atoms. The number of carbonyl (C=O) groups excluding carboxylic acids is 1. The van der Waals surface area contributed by atoms with Crippen molar-refractivity contribution in [1.82, 2.24) is 10.2 Å². The number of anilines is 1. The number of nitrogens with one attached hydrogen (secondary N) is 1. The SMILES string of the molecule is O=C(CCl)Nc1nnc(Br)s1. The molecule has 0 saturated carbocycles. The minimum Gasteiger partial charge on any atom is -0.299 e. The molecule has 1 amide bonds. The topological polar surface area (TPSA) is 54.9 Å². The van der Waals surface area contributed by atoms with Gasteiger partial charge in [0.2, 0.25) is 11.0 Å². The van der Waals surface area contributed by atoms with Gasteiger partial charge >= 0.3 is 0 Å². The minimum atomic E-state index is -0.282. The molecule has 0 atom stereocenters. The van der Waals surface area contributed by atoms with Gasteiger partial charge in [-0.1, -0.05) is 11.3 Å². The molecule has 1 aromatic heterocycles. The van der Waals surface area contributed by atoms with Crippen molar-refractivity contribution in [2.45, 2.75) is 0 Å². The number of nitrogens with zero attached hydrogens (tertiary/aromatic N) is 2. The lowest BCUT2D eigenvalue weighted by molar-refractivity contribution is -0.113. The van der Waals surface area contributed by atoms with Gasteiger partial charge < -0.3 is 0 Å². The summed E-state index contributed by atoms with van der Waals surface area (Å²) >= 11 is 9.58. The second-order valence-corrected chi connectivity index (χ2v) is 4.06. The normalized spacial score (nSPS) is 9.64. The number of carbonyl (C=O) groups is 1. The Morgan fingerprint density at radius 1 is 1.73 bits per heavy atom. The first-order valence-electron chi connectivity index (χ1n) is 2.57. The molecule has 7 heteroatoms. The summed E-state index contributed by atoms with van der Waals surface area (Å²) in [7, 11) is 0. The molecule has 0 fully saturated rings. The van der Waals surface area contributed by atoms with E-state index in [1.165, 1.54) is 11.3 Å². The van der Waals surface area contributed by atoms with Crippen LogP contribution in [0.4, 0.5) is 5.13 Å². The van der Waals surface area contributed by atoms with Gasteiger partial charge in [-0.05, 0) is 15.9 Å². The summed E-state index contributed by atoms with van der Waals surface area (Å²) in [6, 6.07) is 0. The first-order chi connectivity index (χ1) is 5.22. The molecule has 4 nitrogen and oxygen atoms in total. The Kier molecular flexibility index (Phi) is 3.22. The fourth-order valence-electron chi connectivity index (χ4n) is 0.409. The number of rotatable bonds is 2. The first kappa shape index (κ1) is 8.89. The van der Waals surface area contributed by atoms with Crippen LogP contribution in [0, 0.1) is 0 Å². The van der Waals surface area contributed by atoms with E-state index in [0.717, 1.165) is 0 Å². The van der Waals surface area contributed by atoms with Crippen LogP contribution in [0.3, 0.4) is 0 Å². The highest BCUT2D eigenvalue weighted by molar-refractivity contribution is 9.11. The van der Waals surface area contributed by atoms with Crippen molar-refractivity contribution in [3.05, 3.63) is 3.92 Å². The molecule has 1 aromatic rings. The number of alkyl halides is 1. The van der Waals surface area contributed by atoms with Crippen molar-refractivity contribution < 1.29 is 4.79 Å². The summed E-state index contributed by atoms with van der Waals surface area (Å²) in [6.45, 7) is 0. The predicted octanol–water partition coefficient (Wildman–Crippen LogP) is 1.48. The average Bonchev–Trinajstić information content (AvgIpc) is 2.35. The van der Waals surface area contributed by atoms with Gasteiger partial charge in [0.1, 0.15) is 5.88 Å². The van der Waals surface area contributed by atoms with Crippen LogP contribution < -0.4 is 5.32 Å². The van der Waals surface area contributed by atoms with Crippen LogP contribution in [0.25, 0.3) is 0 Å². The van der Waals surface area contributed by atoms with Crippen LogP contribution in [0.5, 0.6) is 0 Å². The molecular formula is C4H3BrClN3OS. The van der Waals surface area contributed by atoms with E-state index < -0.39 is 0 Å². The van der Waals surface area contributed by atoms with Crippen LogP contribution in [-0.2, 0) is 4.79 Å². The van der Waals surface area contributed by atoms with E-state index in [1.54, 1.807) is 0 Å². The highest BCUT2D eigenvalue weighted by atomic mass is 79.9. The maximum atomic E-state index is 10.7. The second kappa shape index (κ2) is 3.99. The average molecular weight is 257 g/mol. The lowest BCUT2D eigenvalue weighted by Crippen LogP contribution is -2.12. The standard InChI is InChI=1S/C4H3BrClN3OS/c5-3-8-9-4(11-3)7-2(10)1-6/h1H2,(H,7,9,10). The van der Waals surface area contributed by atoms with Gasteiger partial charge in [0.15, 0.2) is 3.92 Å². The Balaban J connectivity index is 2.57. The van der Waals surface area contributed by atoms with Crippen LogP contribution >= 0.6 is 38.9 Å². The molecule has 0 aromatic carbocycles. The van der Waals surface area contributed by atoms with E-state index in [-0.39, 0.29) is 11.8 Å². The van der Waals surface area contributed by atoms with Gasteiger partial charge in [-0.2, -0.15) is 0 Å². The lowest BCUT2D eigenvalue weighted by atomic mass is 10.7. The number of amides is 1. The third-order valence-electron chi connectivity index (χ3n) is 0.768. The lowest BCUT2D eigenvalue weighted by Gasteiger charge is -1.92. The van der Waals surface area contributed by atoms with Crippen molar-refractivity contribution >= 4 is 49.9 Å². The molecule has 0 aliphatic heterocycles. The van der Waals surface area contributed by atoms with E-state index in [2.05, 4.69) is 31.4 Å². The Morgan fingerprint density at radius 3 is 2.91 bits per heavy atom. The monoisotopic (exact) mass is 255 g/mol.